The summed E-state index contributed by atoms with van der Waals surface area (Å²) in [7, 11) is 1.59. The fourth-order valence-corrected chi connectivity index (χ4v) is 2.34. The lowest BCUT2D eigenvalue weighted by Gasteiger charge is -2.09. The van der Waals surface area contributed by atoms with E-state index in [2.05, 4.69) is 5.32 Å². The van der Waals surface area contributed by atoms with Crippen molar-refractivity contribution in [3.63, 3.8) is 0 Å². The molecule has 0 radical (unpaired) electrons. The second-order valence-electron chi connectivity index (χ2n) is 4.32. The number of carbonyl (C=O) groups is 1. The van der Waals surface area contributed by atoms with Crippen LogP contribution in [0, 0.1) is 0 Å². The molecule has 0 unspecified atom stereocenters. The average molecular weight is 345 g/mol. The largest absolute Gasteiger partial charge is 0.497 e. The van der Waals surface area contributed by atoms with E-state index in [-0.39, 0.29) is 12.3 Å². The summed E-state index contributed by atoms with van der Waals surface area (Å²) in [5.74, 6) is 0.548. The molecule has 2 aromatic carbocycles. The van der Waals surface area contributed by atoms with Gasteiger partial charge in [-0.1, -0.05) is 46.9 Å². The molecule has 0 bridgehead atoms. The topological polar surface area (TPSA) is 38.3 Å². The number of hydrogen-bond acceptors (Lipinski definition) is 2. The van der Waals surface area contributed by atoms with E-state index in [4.69, 9.17) is 39.5 Å². The van der Waals surface area contributed by atoms with Crippen LogP contribution in [0.1, 0.15) is 5.56 Å². The number of methoxy groups -OCH3 is 1. The Balaban J connectivity index is 2.06. The first-order valence-corrected chi connectivity index (χ1v) is 7.20. The Bertz CT molecular complexity index is 657. The van der Waals surface area contributed by atoms with Gasteiger partial charge in [-0.15, -0.1) is 0 Å². The molecule has 0 aliphatic heterocycles. The summed E-state index contributed by atoms with van der Waals surface area (Å²) in [6.45, 7) is 0. The number of benzene rings is 2. The third-order valence-corrected chi connectivity index (χ3v) is 3.84. The molecule has 3 nitrogen and oxygen atoms in total. The van der Waals surface area contributed by atoms with Crippen molar-refractivity contribution in [1.82, 2.24) is 0 Å². The van der Waals surface area contributed by atoms with Crippen molar-refractivity contribution >= 4 is 46.4 Å². The quantitative estimate of drug-likeness (QED) is 0.806. The average Bonchev–Trinajstić information content (AvgIpc) is 2.45. The highest BCUT2D eigenvalue weighted by molar-refractivity contribution is 6.44. The minimum atomic E-state index is -0.194. The normalized spacial score (nSPS) is 10.3. The molecule has 6 heteroatoms. The smallest absolute Gasteiger partial charge is 0.228 e. The molecule has 0 fully saturated rings. The van der Waals surface area contributed by atoms with Gasteiger partial charge in [-0.2, -0.15) is 0 Å². The van der Waals surface area contributed by atoms with Gasteiger partial charge in [0.25, 0.3) is 0 Å². The predicted molar refractivity (Wildman–Crippen MR) is 86.8 cm³/mol. The van der Waals surface area contributed by atoms with Gasteiger partial charge in [0.15, 0.2) is 0 Å². The van der Waals surface area contributed by atoms with E-state index in [9.17, 15) is 4.79 Å². The second kappa shape index (κ2) is 7.03. The predicted octanol–water partition coefficient (Wildman–Crippen LogP) is 4.84. The molecule has 21 heavy (non-hydrogen) atoms. The number of hydrogen-bond donors (Lipinski definition) is 1. The van der Waals surface area contributed by atoms with Crippen LogP contribution in [-0.2, 0) is 11.2 Å². The highest BCUT2D eigenvalue weighted by Crippen LogP contribution is 2.32. The first-order chi connectivity index (χ1) is 9.99. The van der Waals surface area contributed by atoms with Gasteiger partial charge >= 0.3 is 0 Å². The van der Waals surface area contributed by atoms with Crippen molar-refractivity contribution in [3.05, 3.63) is 57.0 Å². The first kappa shape index (κ1) is 16.0. The molecule has 0 aliphatic rings. The monoisotopic (exact) mass is 343 g/mol. The maximum absolute atomic E-state index is 12.0. The van der Waals surface area contributed by atoms with Gasteiger partial charge in [0.2, 0.25) is 5.91 Å². The minimum Gasteiger partial charge on any atom is -0.497 e. The maximum atomic E-state index is 12.0. The Hall–Kier alpha value is -1.42. The number of nitrogens with one attached hydrogen (secondary N) is 1. The summed E-state index contributed by atoms with van der Waals surface area (Å²) in [6, 6.07) is 10.3. The molecule has 110 valence electrons. The fourth-order valence-electron chi connectivity index (χ4n) is 1.74. The Morgan fingerprint density at radius 2 is 1.67 bits per heavy atom. The highest BCUT2D eigenvalue weighted by Gasteiger charge is 2.10. The zero-order valence-electron chi connectivity index (χ0n) is 11.1. The Kier molecular flexibility index (Phi) is 5.34. The SMILES string of the molecule is COc1ccc(CC(=O)Nc2cc(Cl)c(Cl)cc2Cl)cc1. The lowest BCUT2D eigenvalue weighted by molar-refractivity contribution is -0.115. The maximum Gasteiger partial charge on any atom is 0.228 e. The summed E-state index contributed by atoms with van der Waals surface area (Å²) in [5.41, 5.74) is 1.30. The van der Waals surface area contributed by atoms with E-state index in [0.717, 1.165) is 11.3 Å². The Morgan fingerprint density at radius 3 is 2.29 bits per heavy atom. The molecule has 2 aromatic rings. The number of halogens is 3. The molecule has 0 spiro atoms. The molecular weight excluding hydrogens is 333 g/mol. The van der Waals surface area contributed by atoms with Crippen LogP contribution < -0.4 is 10.1 Å². The summed E-state index contributed by atoms with van der Waals surface area (Å²) < 4.78 is 5.06. The highest BCUT2D eigenvalue weighted by atomic mass is 35.5. The van der Waals surface area contributed by atoms with Gasteiger partial charge in [-0.05, 0) is 29.8 Å². The Morgan fingerprint density at radius 1 is 1.05 bits per heavy atom. The molecule has 2 rings (SSSR count). The summed E-state index contributed by atoms with van der Waals surface area (Å²) in [5, 5.41) is 3.73. The molecule has 0 atom stereocenters. The van der Waals surface area contributed by atoms with Crippen molar-refractivity contribution in [1.29, 1.82) is 0 Å². The lowest BCUT2D eigenvalue weighted by atomic mass is 10.1. The summed E-state index contributed by atoms with van der Waals surface area (Å²) in [4.78, 5) is 12.0. The van der Waals surface area contributed by atoms with Crippen LogP contribution in [-0.4, -0.2) is 13.0 Å². The Labute approximate surface area is 137 Å². The third kappa shape index (κ3) is 4.27. The third-order valence-electron chi connectivity index (χ3n) is 2.81. The van der Waals surface area contributed by atoms with Crippen LogP contribution in [0.2, 0.25) is 15.1 Å². The van der Waals surface area contributed by atoms with Gasteiger partial charge in [-0.25, -0.2) is 0 Å². The van der Waals surface area contributed by atoms with E-state index in [1.165, 1.54) is 12.1 Å². The molecule has 1 amide bonds. The van der Waals surface area contributed by atoms with Crippen molar-refractivity contribution in [3.8, 4) is 5.75 Å². The molecular formula is C15H12Cl3NO2. The first-order valence-electron chi connectivity index (χ1n) is 6.07. The zero-order chi connectivity index (χ0) is 15.4. The van der Waals surface area contributed by atoms with Gasteiger partial charge in [0, 0.05) is 0 Å². The van der Waals surface area contributed by atoms with Crippen LogP contribution in [0.15, 0.2) is 36.4 Å². The van der Waals surface area contributed by atoms with Gasteiger partial charge in [-0.3, -0.25) is 4.79 Å². The van der Waals surface area contributed by atoms with Crippen LogP contribution in [0.25, 0.3) is 0 Å². The van der Waals surface area contributed by atoms with Gasteiger partial charge in [0.05, 0.1) is 34.3 Å². The molecule has 0 saturated carbocycles. The van der Waals surface area contributed by atoms with Gasteiger partial charge < -0.3 is 10.1 Å². The number of rotatable bonds is 4. The molecule has 0 aromatic heterocycles. The zero-order valence-corrected chi connectivity index (χ0v) is 13.4. The van der Waals surface area contributed by atoms with E-state index in [0.29, 0.717) is 20.8 Å². The van der Waals surface area contributed by atoms with E-state index in [1.54, 1.807) is 19.2 Å². The second-order valence-corrected chi connectivity index (χ2v) is 5.54. The number of anilines is 1. The van der Waals surface area contributed by atoms with Crippen molar-refractivity contribution in [2.45, 2.75) is 6.42 Å². The van der Waals surface area contributed by atoms with Crippen molar-refractivity contribution in [2.24, 2.45) is 0 Å². The van der Waals surface area contributed by atoms with Crippen molar-refractivity contribution in [2.75, 3.05) is 12.4 Å². The lowest BCUT2D eigenvalue weighted by Crippen LogP contribution is -2.14. The van der Waals surface area contributed by atoms with E-state index >= 15 is 0 Å². The summed E-state index contributed by atoms with van der Waals surface area (Å²) >= 11 is 17.8. The van der Waals surface area contributed by atoms with Crippen molar-refractivity contribution < 1.29 is 9.53 Å². The standard InChI is InChI=1S/C15H12Cl3NO2/c1-21-10-4-2-9(3-5-10)6-15(20)19-14-8-12(17)11(16)7-13(14)18/h2-5,7-8H,6H2,1H3,(H,19,20). The van der Waals surface area contributed by atoms with Crippen LogP contribution in [0.5, 0.6) is 5.75 Å². The molecule has 0 saturated heterocycles. The van der Waals surface area contributed by atoms with E-state index in [1.807, 2.05) is 12.1 Å². The minimum absolute atomic E-state index is 0.194. The van der Waals surface area contributed by atoms with E-state index < -0.39 is 0 Å². The molecule has 1 N–H and O–H groups in total. The molecule has 0 aliphatic carbocycles. The van der Waals surface area contributed by atoms with Crippen LogP contribution in [0.3, 0.4) is 0 Å². The summed E-state index contributed by atoms with van der Waals surface area (Å²) in [6.07, 6.45) is 0.223. The van der Waals surface area contributed by atoms with Crippen LogP contribution in [0.4, 0.5) is 5.69 Å². The number of amides is 1. The van der Waals surface area contributed by atoms with Gasteiger partial charge in [0.1, 0.15) is 5.75 Å². The number of ether oxygens (including phenoxy) is 1. The molecule has 0 heterocycles. The number of carbonyl (C=O) groups excluding carboxylic acids is 1. The van der Waals surface area contributed by atoms with Crippen LogP contribution >= 0.6 is 34.8 Å². The fraction of sp³-hybridized carbons (Fsp3) is 0.133.